The van der Waals surface area contributed by atoms with Crippen molar-refractivity contribution < 1.29 is 8.91 Å². The molecule has 0 atom stereocenters. The van der Waals surface area contributed by atoms with Crippen LogP contribution in [0, 0.1) is 5.82 Å². The number of rotatable bonds is 2. The number of halogens is 2. The highest BCUT2D eigenvalue weighted by Crippen LogP contribution is 2.28. The van der Waals surface area contributed by atoms with E-state index in [1.54, 1.807) is 12.1 Å². The van der Waals surface area contributed by atoms with Gasteiger partial charge in [-0.3, -0.25) is 0 Å². The Balaban J connectivity index is 2.04. The predicted molar refractivity (Wildman–Crippen MR) is 77.2 cm³/mol. The quantitative estimate of drug-likeness (QED) is 0.722. The van der Waals surface area contributed by atoms with Gasteiger partial charge in [0.2, 0.25) is 5.82 Å². The lowest BCUT2D eigenvalue weighted by molar-refractivity contribution is 0.432. The summed E-state index contributed by atoms with van der Waals surface area (Å²) in [5.41, 5.74) is 6.86. The van der Waals surface area contributed by atoms with Crippen LogP contribution in [0.3, 0.4) is 0 Å². The molecular weight excluding hydrogens is 325 g/mol. The van der Waals surface area contributed by atoms with Gasteiger partial charge in [-0.25, -0.2) is 4.39 Å². The van der Waals surface area contributed by atoms with Crippen LogP contribution >= 0.6 is 15.9 Å². The van der Waals surface area contributed by atoms with Crippen LogP contribution in [0.15, 0.2) is 51.5 Å². The van der Waals surface area contributed by atoms with E-state index in [1.807, 2.05) is 24.3 Å². The summed E-state index contributed by atoms with van der Waals surface area (Å²) in [6.07, 6.45) is 0. The number of anilines is 1. The summed E-state index contributed by atoms with van der Waals surface area (Å²) in [5.74, 6) is 0.103. The molecule has 0 saturated carbocycles. The van der Waals surface area contributed by atoms with Crippen molar-refractivity contribution in [3.05, 3.63) is 52.8 Å². The number of aromatic nitrogens is 2. The maximum Gasteiger partial charge on any atom is 0.260 e. The zero-order valence-electron chi connectivity index (χ0n) is 10.2. The molecule has 2 N–H and O–H groups in total. The van der Waals surface area contributed by atoms with Crippen molar-refractivity contribution in [3.8, 4) is 22.8 Å². The first-order valence-electron chi connectivity index (χ1n) is 5.79. The molecule has 0 saturated heterocycles. The Morgan fingerprint density at radius 2 is 1.95 bits per heavy atom. The molecule has 1 aromatic heterocycles. The number of nitrogen functional groups attached to an aromatic ring is 1. The average Bonchev–Trinajstić information content (AvgIpc) is 2.91. The van der Waals surface area contributed by atoms with Gasteiger partial charge in [-0.05, 0) is 24.3 Å². The van der Waals surface area contributed by atoms with E-state index in [4.69, 9.17) is 10.3 Å². The maximum absolute atomic E-state index is 13.4. The molecule has 0 amide bonds. The van der Waals surface area contributed by atoms with Crippen molar-refractivity contribution >= 4 is 21.6 Å². The van der Waals surface area contributed by atoms with Gasteiger partial charge >= 0.3 is 0 Å². The molecule has 0 bridgehead atoms. The fourth-order valence-electron chi connectivity index (χ4n) is 1.80. The van der Waals surface area contributed by atoms with Crippen molar-refractivity contribution in [1.29, 1.82) is 0 Å². The lowest BCUT2D eigenvalue weighted by atomic mass is 10.1. The molecule has 3 aromatic rings. The zero-order chi connectivity index (χ0) is 14.1. The summed E-state index contributed by atoms with van der Waals surface area (Å²) in [6.45, 7) is 0. The van der Waals surface area contributed by atoms with E-state index in [0.717, 1.165) is 10.0 Å². The predicted octanol–water partition coefficient (Wildman–Crippen LogP) is 3.89. The van der Waals surface area contributed by atoms with Gasteiger partial charge < -0.3 is 10.3 Å². The smallest absolute Gasteiger partial charge is 0.260 e. The molecule has 0 aliphatic rings. The van der Waals surface area contributed by atoms with Gasteiger partial charge in [0.15, 0.2) is 0 Å². The molecule has 0 aliphatic carbocycles. The fourth-order valence-corrected chi connectivity index (χ4v) is 2.20. The number of benzene rings is 2. The Hall–Kier alpha value is -2.21. The van der Waals surface area contributed by atoms with E-state index in [9.17, 15) is 4.39 Å². The third-order valence-corrected chi connectivity index (χ3v) is 3.29. The molecule has 3 rings (SSSR count). The minimum Gasteiger partial charge on any atom is -0.396 e. The van der Waals surface area contributed by atoms with Crippen LogP contribution in [0.4, 0.5) is 10.1 Å². The van der Waals surface area contributed by atoms with Gasteiger partial charge in [-0.2, -0.15) is 4.98 Å². The fraction of sp³-hybridized carbons (Fsp3) is 0. The lowest BCUT2D eigenvalue weighted by Gasteiger charge is -2.00. The third-order valence-electron chi connectivity index (χ3n) is 2.79. The van der Waals surface area contributed by atoms with Crippen LogP contribution in [-0.2, 0) is 0 Å². The van der Waals surface area contributed by atoms with Crippen molar-refractivity contribution in [2.75, 3.05) is 5.73 Å². The van der Waals surface area contributed by atoms with E-state index in [-0.39, 0.29) is 11.6 Å². The highest BCUT2D eigenvalue weighted by Gasteiger charge is 2.15. The van der Waals surface area contributed by atoms with Gasteiger partial charge in [0.1, 0.15) is 5.82 Å². The van der Waals surface area contributed by atoms with E-state index < -0.39 is 5.82 Å². The first-order valence-corrected chi connectivity index (χ1v) is 6.58. The molecule has 0 aliphatic heterocycles. The van der Waals surface area contributed by atoms with Gasteiger partial charge in [-0.1, -0.05) is 39.3 Å². The molecule has 20 heavy (non-hydrogen) atoms. The van der Waals surface area contributed by atoms with E-state index >= 15 is 0 Å². The van der Waals surface area contributed by atoms with E-state index in [1.165, 1.54) is 6.07 Å². The highest BCUT2D eigenvalue weighted by molar-refractivity contribution is 9.10. The summed E-state index contributed by atoms with van der Waals surface area (Å²) in [7, 11) is 0. The third kappa shape index (κ3) is 2.30. The van der Waals surface area contributed by atoms with Crippen LogP contribution in [0.25, 0.3) is 22.8 Å². The largest absolute Gasteiger partial charge is 0.396 e. The van der Waals surface area contributed by atoms with Crippen LogP contribution in [0.2, 0.25) is 0 Å². The second-order valence-corrected chi connectivity index (χ2v) is 5.05. The molecule has 2 aromatic carbocycles. The molecule has 0 unspecified atom stereocenters. The average molecular weight is 334 g/mol. The van der Waals surface area contributed by atoms with Gasteiger partial charge in [0.05, 0.1) is 11.3 Å². The highest BCUT2D eigenvalue weighted by atomic mass is 79.9. The number of para-hydroxylation sites is 1. The van der Waals surface area contributed by atoms with Gasteiger partial charge in [0.25, 0.3) is 5.89 Å². The van der Waals surface area contributed by atoms with E-state index in [2.05, 4.69) is 26.1 Å². The molecule has 100 valence electrons. The Bertz CT molecular complexity index is 773. The van der Waals surface area contributed by atoms with Crippen LogP contribution in [0.5, 0.6) is 0 Å². The topological polar surface area (TPSA) is 64.9 Å². The van der Waals surface area contributed by atoms with E-state index in [0.29, 0.717) is 11.4 Å². The minimum absolute atomic E-state index is 0.00283. The number of nitrogens with zero attached hydrogens (tertiary/aromatic N) is 2. The summed E-state index contributed by atoms with van der Waals surface area (Å²) in [4.78, 5) is 4.25. The van der Waals surface area contributed by atoms with Crippen molar-refractivity contribution in [2.45, 2.75) is 0 Å². The van der Waals surface area contributed by atoms with Crippen LogP contribution < -0.4 is 5.73 Å². The van der Waals surface area contributed by atoms with Crippen LogP contribution in [-0.4, -0.2) is 10.1 Å². The molecular formula is C14H9BrFN3O. The summed E-state index contributed by atoms with van der Waals surface area (Å²) >= 11 is 3.38. The number of hydrogen-bond donors (Lipinski definition) is 1. The SMILES string of the molecule is Nc1c(F)cccc1-c1nc(-c2cccc(Br)c2)no1. The summed E-state index contributed by atoms with van der Waals surface area (Å²) in [6, 6.07) is 11.9. The van der Waals surface area contributed by atoms with Crippen LogP contribution in [0.1, 0.15) is 0 Å². The van der Waals surface area contributed by atoms with Crippen molar-refractivity contribution in [1.82, 2.24) is 10.1 Å². The Labute approximate surface area is 122 Å². The van der Waals surface area contributed by atoms with Gasteiger partial charge in [0, 0.05) is 10.0 Å². The summed E-state index contributed by atoms with van der Waals surface area (Å²) < 4.78 is 19.5. The minimum atomic E-state index is -0.510. The first kappa shape index (κ1) is 12.8. The zero-order valence-corrected chi connectivity index (χ0v) is 11.8. The molecule has 6 heteroatoms. The number of nitrogens with two attached hydrogens (primary N) is 1. The second-order valence-electron chi connectivity index (χ2n) is 4.13. The standard InChI is InChI=1S/C14H9BrFN3O/c15-9-4-1-3-8(7-9)13-18-14(20-19-13)10-5-2-6-11(16)12(10)17/h1-7H,17H2. The molecule has 4 nitrogen and oxygen atoms in total. The molecule has 0 fully saturated rings. The van der Waals surface area contributed by atoms with Gasteiger partial charge in [-0.15, -0.1) is 0 Å². The maximum atomic E-state index is 13.4. The second kappa shape index (κ2) is 5.05. The molecule has 0 spiro atoms. The Morgan fingerprint density at radius 1 is 1.15 bits per heavy atom. The van der Waals surface area contributed by atoms with Crippen molar-refractivity contribution in [2.24, 2.45) is 0 Å². The Kier molecular flexibility index (Phi) is 3.23. The summed E-state index contributed by atoms with van der Waals surface area (Å²) in [5, 5.41) is 3.89. The normalized spacial score (nSPS) is 10.7. The lowest BCUT2D eigenvalue weighted by Crippen LogP contribution is -1.94. The first-order chi connectivity index (χ1) is 9.65. The monoisotopic (exact) mass is 333 g/mol. The number of hydrogen-bond acceptors (Lipinski definition) is 4. The molecule has 0 radical (unpaired) electrons. The molecule has 1 heterocycles. The Morgan fingerprint density at radius 3 is 2.75 bits per heavy atom. The van der Waals surface area contributed by atoms with Crippen molar-refractivity contribution in [3.63, 3.8) is 0 Å².